The second kappa shape index (κ2) is 11.1. The standard InChI is InChI=1S/C30H42N2O4/c1-29(2,3)23-11-19(27(35)21(13-23)17-33)15-31-25-9-7-8-10-26(25)32-16-20-12-24(30(4,5)6)14-22(18-34)28(20)36/h11-14,17-18,25-26,31-32,35-36H,7-10,15-16H2,1-6H3/p+2. The van der Waals surface area contributed by atoms with Crippen molar-refractivity contribution in [1.29, 1.82) is 0 Å². The molecule has 6 heteroatoms. The van der Waals surface area contributed by atoms with Gasteiger partial charge in [-0.2, -0.15) is 0 Å². The number of carbonyl (C=O) groups is 2. The summed E-state index contributed by atoms with van der Waals surface area (Å²) < 4.78 is 0. The van der Waals surface area contributed by atoms with E-state index in [1.807, 2.05) is 12.1 Å². The summed E-state index contributed by atoms with van der Waals surface area (Å²) >= 11 is 0. The molecular formula is C30H44N2O4+2. The van der Waals surface area contributed by atoms with Gasteiger partial charge in [-0.05, 0) is 59.1 Å². The molecule has 2 atom stereocenters. The van der Waals surface area contributed by atoms with Crippen LogP contribution in [0.1, 0.15) is 110 Å². The molecule has 0 radical (unpaired) electrons. The van der Waals surface area contributed by atoms with Crippen molar-refractivity contribution < 1.29 is 19.8 Å². The van der Waals surface area contributed by atoms with Crippen LogP contribution in [0.3, 0.4) is 0 Å². The second-order valence-corrected chi connectivity index (χ2v) is 12.2. The quantitative estimate of drug-likeness (QED) is 0.397. The monoisotopic (exact) mass is 496 g/mol. The minimum Gasteiger partial charge on any atom is -0.593 e. The third kappa shape index (κ3) is 6.54. The van der Waals surface area contributed by atoms with E-state index in [0.717, 1.165) is 60.5 Å². The highest BCUT2D eigenvalue weighted by molar-refractivity contribution is 5.81. The summed E-state index contributed by atoms with van der Waals surface area (Å²) in [5.74, 6) is 0.593. The predicted molar refractivity (Wildman–Crippen MR) is 147 cm³/mol. The fourth-order valence-electron chi connectivity index (χ4n) is 4.89. The van der Waals surface area contributed by atoms with Gasteiger partial charge in [-0.3, -0.25) is 9.59 Å². The maximum absolute atomic E-state index is 11.6. The Bertz CT molecular complexity index is 1010. The van der Waals surface area contributed by atoms with Gasteiger partial charge in [0.1, 0.15) is 11.1 Å². The summed E-state index contributed by atoms with van der Waals surface area (Å²) in [6.07, 6.45) is 5.90. The lowest BCUT2D eigenvalue weighted by Crippen LogP contribution is -2.49. The first-order valence-electron chi connectivity index (χ1n) is 13.0. The molecule has 0 aromatic heterocycles. The average Bonchev–Trinajstić information content (AvgIpc) is 2.81. The van der Waals surface area contributed by atoms with Gasteiger partial charge < -0.3 is 20.8 Å². The first-order chi connectivity index (χ1) is 16.8. The molecule has 2 aromatic rings. The van der Waals surface area contributed by atoms with Crippen molar-refractivity contribution in [2.45, 2.75) is 103 Å². The molecule has 1 saturated carbocycles. The van der Waals surface area contributed by atoms with Gasteiger partial charge in [0.25, 0.3) is 11.5 Å². The van der Waals surface area contributed by atoms with E-state index < -0.39 is 0 Å². The van der Waals surface area contributed by atoms with E-state index in [9.17, 15) is 9.59 Å². The summed E-state index contributed by atoms with van der Waals surface area (Å²) in [4.78, 5) is 23.2. The van der Waals surface area contributed by atoms with Crippen molar-refractivity contribution >= 4 is 12.6 Å². The molecule has 0 aliphatic heterocycles. The first-order valence-corrected chi connectivity index (χ1v) is 13.0. The van der Waals surface area contributed by atoms with E-state index in [0.29, 0.717) is 35.7 Å². The molecule has 1 fully saturated rings. The molecule has 6 nitrogen and oxygen atoms in total. The predicted octanol–water partition coefficient (Wildman–Crippen LogP) is 4.97. The van der Waals surface area contributed by atoms with Gasteiger partial charge in [-0.15, -0.1) is 0 Å². The van der Waals surface area contributed by atoms with Gasteiger partial charge in [-0.25, -0.2) is 0 Å². The minimum atomic E-state index is -0.106. The number of nitrogens with one attached hydrogen (secondary N) is 2. The fourth-order valence-corrected chi connectivity index (χ4v) is 4.89. The topological polar surface area (TPSA) is 104 Å². The van der Waals surface area contributed by atoms with Crippen molar-refractivity contribution in [3.05, 3.63) is 57.6 Å². The van der Waals surface area contributed by atoms with Gasteiger partial charge in [0.2, 0.25) is 0 Å². The Kier molecular flexibility index (Phi) is 8.63. The summed E-state index contributed by atoms with van der Waals surface area (Å²) in [5.41, 5.74) is 4.46. The zero-order valence-corrected chi connectivity index (χ0v) is 22.7. The Morgan fingerprint density at radius 3 is 1.39 bits per heavy atom. The van der Waals surface area contributed by atoms with Crippen LogP contribution in [-0.2, 0) is 23.9 Å². The Morgan fingerprint density at radius 1 is 0.722 bits per heavy atom. The average molecular weight is 497 g/mol. The third-order valence-electron chi connectivity index (χ3n) is 7.36. The van der Waals surface area contributed by atoms with E-state index in [4.69, 9.17) is 10.2 Å². The van der Waals surface area contributed by atoms with Gasteiger partial charge in [0, 0.05) is 25.2 Å². The molecule has 0 bridgehead atoms. The molecule has 1 aliphatic rings. The maximum Gasteiger partial charge on any atom is 0.269 e. The highest BCUT2D eigenvalue weighted by atomic mass is 16.3. The Hall–Kier alpha value is -2.70. The molecule has 36 heavy (non-hydrogen) atoms. The Labute approximate surface area is 215 Å². The van der Waals surface area contributed by atoms with Crippen LogP contribution in [0, 0.1) is 0 Å². The lowest BCUT2D eigenvalue weighted by atomic mass is 9.84. The third-order valence-corrected chi connectivity index (χ3v) is 7.36. The minimum absolute atomic E-state index is 0.106. The molecule has 0 amide bonds. The molecule has 6 N–H and O–H groups in total. The zero-order valence-electron chi connectivity index (χ0n) is 22.7. The van der Waals surface area contributed by atoms with E-state index >= 15 is 0 Å². The van der Waals surface area contributed by atoms with Crippen molar-refractivity contribution in [2.75, 3.05) is 0 Å². The first kappa shape index (κ1) is 27.9. The Balaban J connectivity index is 1.77. The highest BCUT2D eigenvalue weighted by Crippen LogP contribution is 2.32. The van der Waals surface area contributed by atoms with E-state index in [1.165, 1.54) is 0 Å². The van der Waals surface area contributed by atoms with Crippen LogP contribution >= 0.6 is 0 Å². The molecular weight excluding hydrogens is 452 g/mol. The van der Waals surface area contributed by atoms with Gasteiger partial charge >= 0.3 is 0 Å². The van der Waals surface area contributed by atoms with Crippen LogP contribution in [0.15, 0.2) is 24.3 Å². The molecule has 0 spiro atoms. The van der Waals surface area contributed by atoms with Crippen molar-refractivity contribution in [1.82, 2.24) is 10.6 Å². The van der Waals surface area contributed by atoms with Crippen LogP contribution < -0.4 is 10.6 Å². The van der Waals surface area contributed by atoms with Gasteiger partial charge in [0.05, 0.1) is 11.1 Å². The van der Waals surface area contributed by atoms with Crippen molar-refractivity contribution in [3.8, 4) is 11.5 Å². The zero-order chi connectivity index (χ0) is 26.7. The lowest BCUT2D eigenvalue weighted by molar-refractivity contribution is 0.111. The Morgan fingerprint density at radius 2 is 1.08 bits per heavy atom. The number of hydrogen-bond acceptors (Lipinski definition) is 4. The maximum atomic E-state index is 11.6. The molecule has 0 saturated heterocycles. The molecule has 196 valence electrons. The second-order valence-electron chi connectivity index (χ2n) is 12.2. The molecule has 2 unspecified atom stereocenters. The van der Waals surface area contributed by atoms with Crippen molar-refractivity contribution in [2.24, 2.45) is 0 Å². The van der Waals surface area contributed by atoms with Crippen LogP contribution in [0.25, 0.3) is 0 Å². The summed E-state index contributed by atoms with van der Waals surface area (Å²) in [6, 6.07) is 8.23. The smallest absolute Gasteiger partial charge is 0.269 e. The number of benzene rings is 2. The summed E-state index contributed by atoms with van der Waals surface area (Å²) in [7, 11) is 0. The van der Waals surface area contributed by atoms with Crippen molar-refractivity contribution in [3.63, 3.8) is 0 Å². The highest BCUT2D eigenvalue weighted by Gasteiger charge is 2.28. The molecule has 0 heterocycles. The number of aldehydes is 2. The number of rotatable bonds is 8. The number of carbonyl (C=O) groups excluding carboxylic acids is 2. The SMILES string of the molecule is CC(C)(C)c1cc(C=O)c([OH2+])c(CNC2CCCCC2NCc2cc(C(C)(C)C)cc(C=O)c2[OH2+])c1. The molecule has 2 aromatic carbocycles. The number of hydrogen-bond donors (Lipinski definition) is 2. The van der Waals surface area contributed by atoms with E-state index in [2.05, 4.69) is 64.3 Å². The summed E-state index contributed by atoms with van der Waals surface area (Å²) in [6.45, 7) is 13.8. The largest absolute Gasteiger partial charge is 0.593 e. The van der Waals surface area contributed by atoms with Gasteiger partial charge in [0.15, 0.2) is 12.6 Å². The van der Waals surface area contributed by atoms with Crippen LogP contribution in [0.2, 0.25) is 0 Å². The molecule has 1 aliphatic carbocycles. The van der Waals surface area contributed by atoms with E-state index in [1.54, 1.807) is 0 Å². The lowest BCUT2D eigenvalue weighted by Gasteiger charge is -2.33. The fraction of sp³-hybridized carbons (Fsp3) is 0.533. The summed E-state index contributed by atoms with van der Waals surface area (Å²) in [5, 5.41) is 24.3. The van der Waals surface area contributed by atoms with Crippen LogP contribution in [0.4, 0.5) is 0 Å². The van der Waals surface area contributed by atoms with E-state index in [-0.39, 0.29) is 22.9 Å². The normalized spacial score (nSPS) is 18.7. The van der Waals surface area contributed by atoms with Crippen LogP contribution in [-0.4, -0.2) is 34.9 Å². The van der Waals surface area contributed by atoms with Crippen LogP contribution in [0.5, 0.6) is 11.5 Å². The molecule has 3 rings (SSSR count). The van der Waals surface area contributed by atoms with Gasteiger partial charge in [-0.1, -0.05) is 54.4 Å².